The molecule has 1 fully saturated rings. The standard InChI is InChI=1S/C13H10N2O2/c1-8(11-6-12(16)15-13(11)17)10-4-2-9(7-14)3-5-10/h2-5H,6H2,1H3,(H,15,16,17)/b11-8+. The highest BCUT2D eigenvalue weighted by Gasteiger charge is 2.26. The highest BCUT2D eigenvalue weighted by Crippen LogP contribution is 2.23. The zero-order valence-electron chi connectivity index (χ0n) is 9.28. The van der Waals surface area contributed by atoms with Crippen molar-refractivity contribution in [3.63, 3.8) is 0 Å². The molecule has 17 heavy (non-hydrogen) atoms. The molecule has 0 unspecified atom stereocenters. The second-order valence-electron chi connectivity index (χ2n) is 3.85. The van der Waals surface area contributed by atoms with Gasteiger partial charge in [0, 0.05) is 5.57 Å². The summed E-state index contributed by atoms with van der Waals surface area (Å²) in [4.78, 5) is 22.6. The van der Waals surface area contributed by atoms with Gasteiger partial charge in [-0.15, -0.1) is 0 Å². The summed E-state index contributed by atoms with van der Waals surface area (Å²) in [6, 6.07) is 8.96. The molecule has 1 aliphatic heterocycles. The first kappa shape index (κ1) is 11.1. The number of allylic oxidation sites excluding steroid dienone is 1. The van der Waals surface area contributed by atoms with Crippen LogP contribution in [0.4, 0.5) is 0 Å². The number of amides is 2. The molecule has 1 heterocycles. The van der Waals surface area contributed by atoms with Gasteiger partial charge in [0.2, 0.25) is 5.91 Å². The van der Waals surface area contributed by atoms with Gasteiger partial charge in [-0.05, 0) is 30.2 Å². The fraction of sp³-hybridized carbons (Fsp3) is 0.154. The van der Waals surface area contributed by atoms with Crippen LogP contribution in [0.5, 0.6) is 0 Å². The van der Waals surface area contributed by atoms with E-state index in [4.69, 9.17) is 5.26 Å². The summed E-state index contributed by atoms with van der Waals surface area (Å²) in [5.74, 6) is -0.588. The first-order chi connectivity index (χ1) is 8.11. The summed E-state index contributed by atoms with van der Waals surface area (Å²) < 4.78 is 0. The molecule has 0 aromatic heterocycles. The Morgan fingerprint density at radius 2 is 1.94 bits per heavy atom. The van der Waals surface area contributed by atoms with E-state index in [2.05, 4.69) is 5.32 Å². The Morgan fingerprint density at radius 1 is 1.29 bits per heavy atom. The maximum absolute atomic E-state index is 11.5. The Labute approximate surface area is 98.6 Å². The Bertz CT molecular complexity index is 562. The van der Waals surface area contributed by atoms with E-state index >= 15 is 0 Å². The molecule has 4 nitrogen and oxygen atoms in total. The Hall–Kier alpha value is -2.41. The molecule has 1 aliphatic rings. The third-order valence-electron chi connectivity index (χ3n) is 2.76. The van der Waals surface area contributed by atoms with Crippen molar-refractivity contribution in [2.75, 3.05) is 0 Å². The molecular weight excluding hydrogens is 216 g/mol. The number of carbonyl (C=O) groups is 2. The number of benzene rings is 1. The minimum atomic E-state index is -0.322. The zero-order chi connectivity index (χ0) is 12.4. The smallest absolute Gasteiger partial charge is 0.254 e. The minimum absolute atomic E-state index is 0.130. The molecule has 0 atom stereocenters. The number of nitriles is 1. The number of hydrogen-bond donors (Lipinski definition) is 1. The molecule has 2 rings (SSSR count). The molecule has 1 N–H and O–H groups in total. The fourth-order valence-electron chi connectivity index (χ4n) is 1.76. The number of hydrogen-bond acceptors (Lipinski definition) is 3. The van der Waals surface area contributed by atoms with Gasteiger partial charge in [-0.1, -0.05) is 12.1 Å². The van der Waals surface area contributed by atoms with Crippen LogP contribution in [0, 0.1) is 11.3 Å². The second kappa shape index (κ2) is 4.22. The summed E-state index contributed by atoms with van der Waals surface area (Å²) >= 11 is 0. The molecule has 1 aromatic carbocycles. The molecule has 0 aliphatic carbocycles. The topological polar surface area (TPSA) is 70.0 Å². The molecule has 0 bridgehead atoms. The maximum atomic E-state index is 11.5. The highest BCUT2D eigenvalue weighted by molar-refractivity contribution is 6.17. The number of rotatable bonds is 1. The summed E-state index contributed by atoms with van der Waals surface area (Å²) in [6.07, 6.45) is 0.130. The zero-order valence-corrected chi connectivity index (χ0v) is 9.28. The Balaban J connectivity index is 2.40. The lowest BCUT2D eigenvalue weighted by Gasteiger charge is -2.04. The molecule has 4 heteroatoms. The average molecular weight is 226 g/mol. The number of carbonyl (C=O) groups excluding carboxylic acids is 2. The highest BCUT2D eigenvalue weighted by atomic mass is 16.2. The van der Waals surface area contributed by atoms with Crippen LogP contribution < -0.4 is 5.32 Å². The van der Waals surface area contributed by atoms with E-state index in [0.29, 0.717) is 11.1 Å². The van der Waals surface area contributed by atoms with Crippen molar-refractivity contribution < 1.29 is 9.59 Å². The van der Waals surface area contributed by atoms with Gasteiger partial charge in [-0.25, -0.2) is 0 Å². The van der Waals surface area contributed by atoms with Crippen molar-refractivity contribution in [1.29, 1.82) is 5.26 Å². The van der Waals surface area contributed by atoms with Crippen LogP contribution in [0.3, 0.4) is 0 Å². The van der Waals surface area contributed by atoms with Crippen molar-refractivity contribution >= 4 is 17.4 Å². The third kappa shape index (κ3) is 2.08. The van der Waals surface area contributed by atoms with E-state index in [1.54, 1.807) is 31.2 Å². The van der Waals surface area contributed by atoms with Crippen molar-refractivity contribution in [3.05, 3.63) is 41.0 Å². The third-order valence-corrected chi connectivity index (χ3v) is 2.76. The first-order valence-electron chi connectivity index (χ1n) is 5.16. The predicted octanol–water partition coefficient (Wildman–Crippen LogP) is 1.38. The molecule has 84 valence electrons. The van der Waals surface area contributed by atoms with Crippen molar-refractivity contribution in [2.45, 2.75) is 13.3 Å². The van der Waals surface area contributed by atoms with Gasteiger partial charge in [0.1, 0.15) is 0 Å². The van der Waals surface area contributed by atoms with Gasteiger partial charge < -0.3 is 0 Å². The summed E-state index contributed by atoms with van der Waals surface area (Å²) in [7, 11) is 0. The number of nitrogens with zero attached hydrogens (tertiary/aromatic N) is 1. The first-order valence-corrected chi connectivity index (χ1v) is 5.16. The summed E-state index contributed by atoms with van der Waals surface area (Å²) in [6.45, 7) is 1.80. The molecule has 1 saturated heterocycles. The van der Waals surface area contributed by atoms with E-state index in [1.807, 2.05) is 6.07 Å². The average Bonchev–Trinajstić information content (AvgIpc) is 2.68. The molecule has 1 aromatic rings. The van der Waals surface area contributed by atoms with Gasteiger partial charge >= 0.3 is 0 Å². The van der Waals surface area contributed by atoms with Gasteiger partial charge in [-0.2, -0.15) is 5.26 Å². The molecular formula is C13H10N2O2. The lowest BCUT2D eigenvalue weighted by atomic mass is 9.99. The van der Waals surface area contributed by atoms with Crippen LogP contribution in [0.15, 0.2) is 29.8 Å². The van der Waals surface area contributed by atoms with Gasteiger partial charge in [-0.3, -0.25) is 14.9 Å². The monoisotopic (exact) mass is 226 g/mol. The fourth-order valence-corrected chi connectivity index (χ4v) is 1.76. The van der Waals surface area contributed by atoms with Gasteiger partial charge in [0.05, 0.1) is 18.1 Å². The van der Waals surface area contributed by atoms with E-state index in [9.17, 15) is 9.59 Å². The van der Waals surface area contributed by atoms with Crippen LogP contribution in [0.1, 0.15) is 24.5 Å². The molecule has 0 radical (unpaired) electrons. The van der Waals surface area contributed by atoms with Crippen LogP contribution in [-0.2, 0) is 9.59 Å². The Kier molecular flexibility index (Phi) is 2.75. The molecule has 0 spiro atoms. The molecule has 2 amide bonds. The summed E-state index contributed by atoms with van der Waals surface area (Å²) in [5.41, 5.74) is 2.69. The normalized spacial score (nSPS) is 17.6. The van der Waals surface area contributed by atoms with Crippen molar-refractivity contribution in [2.24, 2.45) is 0 Å². The van der Waals surface area contributed by atoms with E-state index in [1.165, 1.54) is 0 Å². The van der Waals surface area contributed by atoms with Crippen LogP contribution in [0.2, 0.25) is 0 Å². The lowest BCUT2D eigenvalue weighted by molar-refractivity contribution is -0.124. The number of nitrogens with one attached hydrogen (secondary N) is 1. The van der Waals surface area contributed by atoms with Crippen LogP contribution in [-0.4, -0.2) is 11.8 Å². The van der Waals surface area contributed by atoms with Crippen LogP contribution >= 0.6 is 0 Å². The quantitative estimate of drug-likeness (QED) is 0.581. The lowest BCUT2D eigenvalue weighted by Crippen LogP contribution is -2.19. The minimum Gasteiger partial charge on any atom is -0.292 e. The SMILES string of the molecule is C/C(=C1/CC(=O)NC1=O)c1ccc(C#N)cc1. The number of imide groups is 1. The predicted molar refractivity (Wildman–Crippen MR) is 61.5 cm³/mol. The van der Waals surface area contributed by atoms with Crippen molar-refractivity contribution in [3.8, 4) is 6.07 Å². The van der Waals surface area contributed by atoms with E-state index in [-0.39, 0.29) is 18.2 Å². The second-order valence-corrected chi connectivity index (χ2v) is 3.85. The van der Waals surface area contributed by atoms with E-state index < -0.39 is 0 Å². The molecule has 0 saturated carbocycles. The maximum Gasteiger partial charge on any atom is 0.254 e. The van der Waals surface area contributed by atoms with Gasteiger partial charge in [0.25, 0.3) is 5.91 Å². The van der Waals surface area contributed by atoms with Crippen molar-refractivity contribution in [1.82, 2.24) is 5.32 Å². The van der Waals surface area contributed by atoms with E-state index in [0.717, 1.165) is 11.1 Å². The van der Waals surface area contributed by atoms with Gasteiger partial charge in [0.15, 0.2) is 0 Å². The largest absolute Gasteiger partial charge is 0.292 e. The Morgan fingerprint density at radius 3 is 2.41 bits per heavy atom. The van der Waals surface area contributed by atoms with Crippen LogP contribution in [0.25, 0.3) is 5.57 Å². The summed E-state index contributed by atoms with van der Waals surface area (Å²) in [5, 5.41) is 10.9.